The van der Waals surface area contributed by atoms with Gasteiger partial charge in [0, 0.05) is 32.7 Å². The molecule has 466 valence electrons. The number of hydrogen-bond acceptors (Lipinski definition) is 19. The number of aliphatic hydroxyl groups is 3. The average Bonchev–Trinajstić information content (AvgIpc) is 3.33. The second-order valence-electron chi connectivity index (χ2n) is 18.6. The van der Waals surface area contributed by atoms with Crippen molar-refractivity contribution in [1.82, 2.24) is 13.3 Å². The highest BCUT2D eigenvalue weighted by atomic mass is 32.2. The number of hydrogen-bond donors (Lipinski definition) is 4. The quantitative estimate of drug-likeness (QED) is 0.0237. The lowest BCUT2D eigenvalue weighted by Gasteiger charge is -2.28. The van der Waals surface area contributed by atoms with E-state index in [9.17, 15) is 52.3 Å². The summed E-state index contributed by atoms with van der Waals surface area (Å²) >= 11 is 0. The van der Waals surface area contributed by atoms with Gasteiger partial charge < -0.3 is 34.3 Å². The summed E-state index contributed by atoms with van der Waals surface area (Å²) < 4.78 is 162. The van der Waals surface area contributed by atoms with Gasteiger partial charge in [-0.15, -0.1) is 13.2 Å². The molecule has 0 amide bonds. The normalized spacial score (nSPS) is 12.9. The van der Waals surface area contributed by atoms with E-state index in [1.54, 1.807) is 66.7 Å². The fraction of sp³-hybridized carbons (Fsp3) is 0.404. The lowest BCUT2D eigenvalue weighted by atomic mass is 10.2. The molecule has 0 aliphatic rings. The van der Waals surface area contributed by atoms with Gasteiger partial charge in [-0.2, -0.15) is 25.4 Å². The van der Waals surface area contributed by atoms with Crippen molar-refractivity contribution < 1.29 is 84.7 Å². The first-order valence-corrected chi connectivity index (χ1v) is 33.5. The van der Waals surface area contributed by atoms with Crippen LogP contribution in [0.25, 0.3) is 0 Å². The molecule has 0 fully saturated rings. The molecule has 2 atom stereocenters. The van der Waals surface area contributed by atoms with Crippen LogP contribution in [0.3, 0.4) is 0 Å². The molecule has 5 rings (SSSR count). The van der Waals surface area contributed by atoms with Gasteiger partial charge in [-0.3, -0.25) is 8.37 Å². The van der Waals surface area contributed by atoms with Crippen LogP contribution in [0.2, 0.25) is 0 Å². The van der Waals surface area contributed by atoms with E-state index in [2.05, 4.69) is 17.9 Å². The second kappa shape index (κ2) is 36.8. The Morgan fingerprint density at radius 1 is 0.440 bits per heavy atom. The molecule has 4 N–H and O–H groups in total. The van der Waals surface area contributed by atoms with Crippen LogP contribution in [0, 0.1) is 34.6 Å². The largest absolute Gasteiger partial charge is 0.395 e. The van der Waals surface area contributed by atoms with Crippen molar-refractivity contribution in [1.29, 1.82) is 0 Å². The van der Waals surface area contributed by atoms with Crippen LogP contribution < -0.4 is 4.72 Å². The van der Waals surface area contributed by atoms with Gasteiger partial charge in [-0.25, -0.2) is 30.0 Å². The van der Waals surface area contributed by atoms with E-state index in [1.165, 1.54) is 66.7 Å². The van der Waals surface area contributed by atoms with E-state index < -0.39 is 69.1 Å². The first-order chi connectivity index (χ1) is 39.8. The van der Waals surface area contributed by atoms with Crippen molar-refractivity contribution >= 4 is 50.3 Å². The van der Waals surface area contributed by atoms with Crippen LogP contribution >= 0.6 is 0 Å². The average molecular weight is 1270 g/mol. The van der Waals surface area contributed by atoms with Crippen molar-refractivity contribution in [2.75, 3.05) is 105 Å². The van der Waals surface area contributed by atoms with Gasteiger partial charge in [-0.05, 0) is 95.3 Å². The van der Waals surface area contributed by atoms with Gasteiger partial charge >= 0.3 is 0 Å². The number of rotatable bonds is 36. The molecule has 0 saturated heterocycles. The maximum Gasteiger partial charge on any atom is 0.297 e. The minimum atomic E-state index is -3.98. The zero-order chi connectivity index (χ0) is 62.4. The number of nitrogens with zero attached hydrogens (tertiary/aromatic N) is 2. The molecule has 5 aromatic carbocycles. The van der Waals surface area contributed by atoms with Gasteiger partial charge in [0.05, 0.1) is 103 Å². The third kappa shape index (κ3) is 25.4. The predicted octanol–water partition coefficient (Wildman–Crippen LogP) is 4.83. The van der Waals surface area contributed by atoms with E-state index in [4.69, 9.17) is 32.4 Å². The topological polar surface area (TPSA) is 305 Å². The summed E-state index contributed by atoms with van der Waals surface area (Å²) in [4.78, 5) is 0.473. The molecule has 84 heavy (non-hydrogen) atoms. The summed E-state index contributed by atoms with van der Waals surface area (Å²) in [5, 5.41) is 27.5. The Morgan fingerprint density at radius 2 is 0.810 bits per heavy atom. The van der Waals surface area contributed by atoms with Crippen LogP contribution in [0.15, 0.2) is 171 Å². The highest BCUT2D eigenvalue weighted by molar-refractivity contribution is 7.90. The van der Waals surface area contributed by atoms with Crippen LogP contribution in [-0.4, -0.2) is 184 Å². The zero-order valence-electron chi connectivity index (χ0n) is 47.9. The number of benzene rings is 5. The van der Waals surface area contributed by atoms with E-state index >= 15 is 0 Å². The van der Waals surface area contributed by atoms with Crippen molar-refractivity contribution in [3.05, 3.63) is 174 Å². The van der Waals surface area contributed by atoms with Gasteiger partial charge in [0.15, 0.2) is 0 Å². The Bertz CT molecular complexity index is 3320. The molecule has 2 unspecified atom stereocenters. The molecule has 0 aliphatic carbocycles. The molecule has 0 spiro atoms. The smallest absolute Gasteiger partial charge is 0.297 e. The Balaban J connectivity index is 0.000000362. The van der Waals surface area contributed by atoms with Crippen LogP contribution in [0.4, 0.5) is 0 Å². The van der Waals surface area contributed by atoms with E-state index in [1.807, 2.05) is 34.6 Å². The molecule has 0 aliphatic heterocycles. The Morgan fingerprint density at radius 3 is 1.23 bits per heavy atom. The third-order valence-electron chi connectivity index (χ3n) is 11.6. The Hall–Kier alpha value is -5.15. The highest BCUT2D eigenvalue weighted by Gasteiger charge is 2.29. The minimum Gasteiger partial charge on any atom is -0.395 e. The van der Waals surface area contributed by atoms with Gasteiger partial charge in [0.25, 0.3) is 20.2 Å². The Kier molecular flexibility index (Phi) is 32.0. The standard InChI is InChI=1S/C26H38N2O8S2.C22H28O8S2.C9H13NO3S/c1-4-18-35-21-24(20-28(14-17-30)38(33,34)26-11-7-23(3)8-12-26)36-19-15-27(13-16-29)37(31,32)25-9-5-22(2)6-10-25;1-4-13-27-16-20(17-30-32(25,26)22-11-7-19(3)8-12-22)28-14-15-29-31(23,24)21-9-5-18(2)6-10-21;1-8-2-4-9(5-3-8)14(12,13)10-6-7-11/h4-12,24,29-30H,1,13-21H2,2-3H3;4-12,20H,1,13-17H2,2-3H3;2-5,10-11H,6-7H2,1H3. The molecule has 0 aromatic heterocycles. The predicted molar refractivity (Wildman–Crippen MR) is 318 cm³/mol. The molecule has 0 saturated carbocycles. The summed E-state index contributed by atoms with van der Waals surface area (Å²) in [5.41, 5.74) is 4.67. The van der Waals surface area contributed by atoms with Crippen molar-refractivity contribution in [2.24, 2.45) is 0 Å². The molecule has 5 aromatic rings. The molecule has 22 nitrogen and oxygen atoms in total. The summed E-state index contributed by atoms with van der Waals surface area (Å²) in [7, 11) is -19.2. The molecule has 27 heteroatoms. The fourth-order valence-electron chi connectivity index (χ4n) is 7.07. The Labute approximate surface area is 496 Å². The summed E-state index contributed by atoms with van der Waals surface area (Å²) in [6, 6.07) is 31.8. The molecular formula is C57H79N3O19S5. The molecule has 0 heterocycles. The van der Waals surface area contributed by atoms with Crippen molar-refractivity contribution in [3.63, 3.8) is 0 Å². The number of nitrogens with one attached hydrogen (secondary N) is 1. The first-order valence-electron chi connectivity index (χ1n) is 26.3. The monoisotopic (exact) mass is 1270 g/mol. The fourth-order valence-corrected chi connectivity index (χ4v) is 12.8. The van der Waals surface area contributed by atoms with E-state index in [0.29, 0.717) is 0 Å². The maximum atomic E-state index is 13.3. The zero-order valence-corrected chi connectivity index (χ0v) is 52.0. The molecular weight excluding hydrogens is 1190 g/mol. The lowest BCUT2D eigenvalue weighted by molar-refractivity contribution is -0.0382. The number of ether oxygens (including phenoxy) is 4. The van der Waals surface area contributed by atoms with Gasteiger partial charge in [-0.1, -0.05) is 101 Å². The first kappa shape index (κ1) is 73.1. The van der Waals surface area contributed by atoms with Crippen LogP contribution in [-0.2, 0) is 77.6 Å². The van der Waals surface area contributed by atoms with Gasteiger partial charge in [0.1, 0.15) is 6.10 Å². The second-order valence-corrected chi connectivity index (χ2v) is 27.4. The van der Waals surface area contributed by atoms with Crippen molar-refractivity contribution in [2.45, 2.75) is 71.3 Å². The maximum absolute atomic E-state index is 13.3. The summed E-state index contributed by atoms with van der Waals surface area (Å²) in [6.45, 7) is 14.7. The van der Waals surface area contributed by atoms with E-state index in [-0.39, 0.29) is 123 Å². The van der Waals surface area contributed by atoms with Crippen molar-refractivity contribution in [3.8, 4) is 0 Å². The number of aryl methyl sites for hydroxylation is 5. The van der Waals surface area contributed by atoms with Crippen LogP contribution in [0.5, 0.6) is 0 Å². The molecule has 0 radical (unpaired) electrons. The number of sulfonamides is 3. The highest BCUT2D eigenvalue weighted by Crippen LogP contribution is 2.20. The third-order valence-corrected chi connectivity index (χ3v) is 19.5. The summed E-state index contributed by atoms with van der Waals surface area (Å²) in [6.07, 6.45) is 1.56. The molecule has 0 bridgehead atoms. The van der Waals surface area contributed by atoms with Gasteiger partial charge in [0.2, 0.25) is 30.1 Å². The summed E-state index contributed by atoms with van der Waals surface area (Å²) in [5.74, 6) is 0. The minimum absolute atomic E-state index is 0.0160. The van der Waals surface area contributed by atoms with E-state index in [0.717, 1.165) is 36.4 Å². The number of aliphatic hydroxyl groups excluding tert-OH is 3. The van der Waals surface area contributed by atoms with Crippen LogP contribution in [0.1, 0.15) is 27.8 Å². The SMILES string of the molecule is C=CCOCC(CN(CCO)S(=O)(=O)c1ccc(C)cc1)OCCN(CCO)S(=O)(=O)c1ccc(C)cc1.C=CCOCC(COS(=O)(=O)c1ccc(C)cc1)OCCOS(=O)(=O)c1ccc(C)cc1.Cc1ccc(S(=O)(=O)NCCO)cc1. The lowest BCUT2D eigenvalue weighted by Crippen LogP contribution is -2.43.